The largest absolute Gasteiger partial charge is 0.412 e. The van der Waals surface area contributed by atoms with Crippen molar-refractivity contribution in [1.82, 2.24) is 10.2 Å². The van der Waals surface area contributed by atoms with E-state index in [0.717, 1.165) is 19.6 Å². The van der Waals surface area contributed by atoms with Crippen molar-refractivity contribution in [3.8, 4) is 0 Å². The molecule has 0 aromatic heterocycles. The molecule has 0 radical (unpaired) electrons. The zero-order chi connectivity index (χ0) is 15.1. The summed E-state index contributed by atoms with van der Waals surface area (Å²) < 4.78 is 0. The van der Waals surface area contributed by atoms with Crippen molar-refractivity contribution in [3.05, 3.63) is 28.3 Å². The van der Waals surface area contributed by atoms with E-state index in [9.17, 15) is 9.90 Å². The van der Waals surface area contributed by atoms with Crippen LogP contribution in [0.25, 0.3) is 0 Å². The number of benzene rings is 1. The van der Waals surface area contributed by atoms with E-state index in [1.54, 1.807) is 0 Å². The van der Waals surface area contributed by atoms with Gasteiger partial charge in [0.25, 0.3) is 5.91 Å². The van der Waals surface area contributed by atoms with Gasteiger partial charge in [-0.1, -0.05) is 25.4 Å². The Bertz CT molecular complexity index is 472. The monoisotopic (exact) mass is 389 g/mol. The molecular weight excluding hydrogens is 365 g/mol. The molecule has 0 unspecified atom stereocenters. The number of anilines is 1. The average Bonchev–Trinajstić information content (AvgIpc) is 2.45. The first-order valence-corrected chi connectivity index (χ1v) is 7.10. The highest BCUT2D eigenvalue weighted by Gasteiger charge is 2.13. The lowest BCUT2D eigenvalue weighted by Gasteiger charge is -2.18. The van der Waals surface area contributed by atoms with Crippen molar-refractivity contribution in [1.29, 1.82) is 0 Å². The van der Waals surface area contributed by atoms with Crippen LogP contribution in [-0.4, -0.2) is 47.6 Å². The smallest absolute Gasteiger partial charge is 0.251 e. The molecule has 0 aliphatic heterocycles. The van der Waals surface area contributed by atoms with Gasteiger partial charge in [-0.05, 0) is 30.8 Å². The summed E-state index contributed by atoms with van der Waals surface area (Å²) >= 11 is 5.92. The maximum Gasteiger partial charge on any atom is 0.251 e. The van der Waals surface area contributed by atoms with Gasteiger partial charge in [-0.3, -0.25) is 4.79 Å². The van der Waals surface area contributed by atoms with Crippen LogP contribution < -0.4 is 11.1 Å². The van der Waals surface area contributed by atoms with Gasteiger partial charge >= 0.3 is 0 Å². The number of hydrogen-bond acceptors (Lipinski definition) is 4. The SMILES string of the molecule is CCN(CC)CCNC(=O)c1cc(Cl)c(N)cc1CO.Cl.Cl.O. The molecule has 1 rings (SSSR count). The highest BCUT2D eigenvalue weighted by Crippen LogP contribution is 2.23. The van der Waals surface area contributed by atoms with Gasteiger partial charge in [-0.2, -0.15) is 0 Å². The van der Waals surface area contributed by atoms with Crippen LogP contribution in [0.3, 0.4) is 0 Å². The van der Waals surface area contributed by atoms with E-state index < -0.39 is 0 Å². The lowest BCUT2D eigenvalue weighted by atomic mass is 10.1. The van der Waals surface area contributed by atoms with Gasteiger partial charge < -0.3 is 26.5 Å². The summed E-state index contributed by atoms with van der Waals surface area (Å²) in [7, 11) is 0. The van der Waals surface area contributed by atoms with Crippen molar-refractivity contribution < 1.29 is 15.4 Å². The molecule has 1 aromatic rings. The minimum atomic E-state index is -0.250. The molecule has 0 bridgehead atoms. The molecular formula is C14H26Cl3N3O3. The molecule has 0 saturated carbocycles. The summed E-state index contributed by atoms with van der Waals surface area (Å²) in [4.78, 5) is 14.3. The fourth-order valence-electron chi connectivity index (χ4n) is 1.94. The Hall–Kier alpha value is -0.760. The van der Waals surface area contributed by atoms with Crippen molar-refractivity contribution in [2.45, 2.75) is 20.5 Å². The molecule has 1 amide bonds. The Labute approximate surface area is 154 Å². The minimum Gasteiger partial charge on any atom is -0.412 e. The van der Waals surface area contributed by atoms with Crippen LogP contribution in [0, 0.1) is 0 Å². The first kappa shape index (κ1) is 27.1. The second kappa shape index (κ2) is 13.7. The first-order valence-electron chi connectivity index (χ1n) is 6.72. The normalized spacial score (nSPS) is 9.43. The summed E-state index contributed by atoms with van der Waals surface area (Å²) in [5, 5.41) is 12.4. The third kappa shape index (κ3) is 8.06. The molecule has 136 valence electrons. The summed E-state index contributed by atoms with van der Waals surface area (Å²) in [6.45, 7) is 7.14. The fourth-order valence-corrected chi connectivity index (χ4v) is 2.11. The number of aliphatic hydroxyl groups is 1. The molecule has 0 saturated heterocycles. The zero-order valence-electron chi connectivity index (χ0n) is 13.3. The Morgan fingerprint density at radius 2 is 1.87 bits per heavy atom. The van der Waals surface area contributed by atoms with Gasteiger partial charge in [-0.25, -0.2) is 0 Å². The molecule has 6 nitrogen and oxygen atoms in total. The third-order valence-corrected chi connectivity index (χ3v) is 3.57. The van der Waals surface area contributed by atoms with E-state index in [1.165, 1.54) is 12.1 Å². The number of carbonyl (C=O) groups excluding carboxylic acids is 1. The van der Waals surface area contributed by atoms with Crippen LogP contribution in [0.1, 0.15) is 29.8 Å². The Morgan fingerprint density at radius 1 is 1.30 bits per heavy atom. The number of halogens is 3. The summed E-state index contributed by atoms with van der Waals surface area (Å²) in [6, 6.07) is 3.02. The highest BCUT2D eigenvalue weighted by molar-refractivity contribution is 6.33. The molecule has 0 heterocycles. The summed E-state index contributed by atoms with van der Waals surface area (Å²) in [5.74, 6) is -0.247. The molecule has 1 aromatic carbocycles. The van der Waals surface area contributed by atoms with Crippen molar-refractivity contribution in [2.75, 3.05) is 31.9 Å². The summed E-state index contributed by atoms with van der Waals surface area (Å²) in [6.07, 6.45) is 0. The average molecular weight is 391 g/mol. The second-order valence-corrected chi connectivity index (χ2v) is 4.88. The van der Waals surface area contributed by atoms with E-state index in [4.69, 9.17) is 17.3 Å². The van der Waals surface area contributed by atoms with Crippen LogP contribution >= 0.6 is 36.4 Å². The molecule has 0 aliphatic carbocycles. The number of rotatable bonds is 7. The number of aliphatic hydroxyl groups excluding tert-OH is 1. The lowest BCUT2D eigenvalue weighted by molar-refractivity contribution is 0.0946. The van der Waals surface area contributed by atoms with Gasteiger partial charge in [0.15, 0.2) is 0 Å². The van der Waals surface area contributed by atoms with E-state index in [2.05, 4.69) is 24.1 Å². The molecule has 0 aliphatic rings. The number of carbonyl (C=O) groups is 1. The molecule has 0 fully saturated rings. The number of nitrogen functional groups attached to an aromatic ring is 1. The van der Waals surface area contributed by atoms with Gasteiger partial charge in [0.05, 0.1) is 17.3 Å². The van der Waals surface area contributed by atoms with E-state index >= 15 is 0 Å². The molecule has 0 spiro atoms. The van der Waals surface area contributed by atoms with Crippen molar-refractivity contribution in [2.24, 2.45) is 0 Å². The Balaban J connectivity index is -0.00000133. The first-order chi connectivity index (χ1) is 9.53. The number of hydrogen-bond donors (Lipinski definition) is 3. The predicted octanol–water partition coefficient (Wildman–Crippen LogP) is 1.51. The van der Waals surface area contributed by atoms with Crippen LogP contribution in [0.2, 0.25) is 5.02 Å². The topological polar surface area (TPSA) is 110 Å². The number of likely N-dealkylation sites (N-methyl/N-ethyl adjacent to an activating group) is 1. The Morgan fingerprint density at radius 3 is 2.35 bits per heavy atom. The highest BCUT2D eigenvalue weighted by atomic mass is 35.5. The van der Waals surface area contributed by atoms with E-state index in [1.807, 2.05) is 0 Å². The van der Waals surface area contributed by atoms with Crippen LogP contribution in [0.15, 0.2) is 12.1 Å². The number of amides is 1. The van der Waals surface area contributed by atoms with Gasteiger partial charge in [0, 0.05) is 18.7 Å². The number of nitrogens with two attached hydrogens (primary N) is 1. The Kier molecular flexibility index (Phi) is 16.1. The van der Waals surface area contributed by atoms with Crippen molar-refractivity contribution >= 4 is 48.0 Å². The van der Waals surface area contributed by atoms with Crippen molar-refractivity contribution in [3.63, 3.8) is 0 Å². The predicted molar refractivity (Wildman–Crippen MR) is 100 cm³/mol. The van der Waals surface area contributed by atoms with E-state index in [0.29, 0.717) is 28.4 Å². The van der Waals surface area contributed by atoms with Gasteiger partial charge in [-0.15, -0.1) is 24.8 Å². The third-order valence-electron chi connectivity index (χ3n) is 3.25. The maximum atomic E-state index is 12.1. The molecule has 0 atom stereocenters. The molecule has 23 heavy (non-hydrogen) atoms. The number of nitrogens with zero attached hydrogens (tertiary/aromatic N) is 1. The van der Waals surface area contributed by atoms with E-state index in [-0.39, 0.29) is 42.8 Å². The molecule has 6 N–H and O–H groups in total. The quantitative estimate of drug-likeness (QED) is 0.613. The van der Waals surface area contributed by atoms with Gasteiger partial charge in [0.2, 0.25) is 0 Å². The minimum absolute atomic E-state index is 0. The summed E-state index contributed by atoms with van der Waals surface area (Å²) in [5.41, 5.74) is 6.86. The maximum absolute atomic E-state index is 12.1. The molecule has 9 heteroatoms. The van der Waals surface area contributed by atoms with Gasteiger partial charge in [0.1, 0.15) is 0 Å². The number of nitrogens with one attached hydrogen (secondary N) is 1. The lowest BCUT2D eigenvalue weighted by Crippen LogP contribution is -2.35. The van der Waals surface area contributed by atoms with Crippen LogP contribution in [0.4, 0.5) is 5.69 Å². The van der Waals surface area contributed by atoms with Crippen LogP contribution in [0.5, 0.6) is 0 Å². The standard InChI is InChI=1S/C14H22ClN3O2.2ClH.H2O/c1-3-18(4-2)6-5-17-14(20)11-8-12(15)13(16)7-10(11)9-19;;;/h7-8,19H,3-6,9,16H2,1-2H3,(H,17,20);2*1H;1H2. The second-order valence-electron chi connectivity index (χ2n) is 4.47. The fraction of sp³-hybridized carbons (Fsp3) is 0.500. The van der Waals surface area contributed by atoms with Crippen LogP contribution in [-0.2, 0) is 6.61 Å². The zero-order valence-corrected chi connectivity index (χ0v) is 15.7.